The average Bonchev–Trinajstić information content (AvgIpc) is 2.10. The summed E-state index contributed by atoms with van der Waals surface area (Å²) in [4.78, 5) is 13.4. The second-order valence-electron chi connectivity index (χ2n) is 4.58. The summed E-state index contributed by atoms with van der Waals surface area (Å²) in [5.41, 5.74) is -0.590. The third-order valence-electron chi connectivity index (χ3n) is 2.58. The van der Waals surface area contributed by atoms with Gasteiger partial charge in [0.1, 0.15) is 0 Å². The number of aliphatic hydroxyl groups is 1. The van der Waals surface area contributed by atoms with Crippen molar-refractivity contribution in [3.63, 3.8) is 0 Å². The van der Waals surface area contributed by atoms with E-state index in [1.165, 1.54) is 0 Å². The number of thioether (sulfide) groups is 1. The summed E-state index contributed by atoms with van der Waals surface area (Å²) in [6.45, 7) is 7.27. The fraction of sp³-hybridized carbons (Fsp3) is 0.909. The van der Waals surface area contributed by atoms with Gasteiger partial charge in [0.15, 0.2) is 0 Å². The lowest BCUT2D eigenvalue weighted by Crippen LogP contribution is -2.63. The number of β-amino-alcohol motifs (C(OH)–C–C–N with tert-alkyl or cyclic N) is 1. The fourth-order valence-corrected chi connectivity index (χ4v) is 2.45. The maximum Gasteiger partial charge on any atom is 0.232 e. The van der Waals surface area contributed by atoms with Crippen molar-refractivity contribution in [2.24, 2.45) is 0 Å². The van der Waals surface area contributed by atoms with Crippen LogP contribution in [0.3, 0.4) is 0 Å². The number of nitrogens with zero attached hydrogens (tertiary/aromatic N) is 1. The maximum absolute atomic E-state index is 11.6. The Bertz CT molecular complexity index is 225. The van der Waals surface area contributed by atoms with Crippen LogP contribution in [0.1, 0.15) is 33.6 Å². The first-order chi connectivity index (χ1) is 6.97. The molecule has 1 heterocycles. The molecule has 1 aliphatic rings. The van der Waals surface area contributed by atoms with Gasteiger partial charge in [-0.05, 0) is 11.7 Å². The summed E-state index contributed by atoms with van der Waals surface area (Å²) in [5, 5.41) is 10.4. The molecule has 88 valence electrons. The first-order valence-corrected chi connectivity index (χ1v) is 6.63. The molecule has 0 aromatic heterocycles. The number of carbonyl (C=O) groups is 1. The molecule has 0 atom stereocenters. The Morgan fingerprint density at radius 1 is 1.53 bits per heavy atom. The van der Waals surface area contributed by atoms with Gasteiger partial charge in [-0.2, -0.15) is 0 Å². The van der Waals surface area contributed by atoms with Crippen molar-refractivity contribution in [1.82, 2.24) is 4.90 Å². The normalized spacial score (nSPS) is 19.1. The number of likely N-dealkylation sites (tertiary alicyclic amines) is 1. The predicted octanol–water partition coefficient (Wildman–Crippen LogP) is 1.50. The fourth-order valence-electron chi connectivity index (χ4n) is 1.79. The quantitative estimate of drug-likeness (QED) is 0.779. The Balaban J connectivity index is 2.23. The molecule has 0 radical (unpaired) electrons. The van der Waals surface area contributed by atoms with E-state index in [-0.39, 0.29) is 5.91 Å². The van der Waals surface area contributed by atoms with Gasteiger partial charge in [0.05, 0.1) is 24.4 Å². The van der Waals surface area contributed by atoms with Crippen LogP contribution >= 0.6 is 11.8 Å². The summed E-state index contributed by atoms with van der Waals surface area (Å²) in [7, 11) is 0. The van der Waals surface area contributed by atoms with Crippen molar-refractivity contribution in [3.05, 3.63) is 0 Å². The molecule has 15 heavy (non-hydrogen) atoms. The Hall–Kier alpha value is -0.220. The number of amides is 1. The van der Waals surface area contributed by atoms with Gasteiger partial charge in [0, 0.05) is 0 Å². The van der Waals surface area contributed by atoms with Gasteiger partial charge in [-0.25, -0.2) is 0 Å². The zero-order chi connectivity index (χ0) is 11.5. The monoisotopic (exact) mass is 231 g/mol. The van der Waals surface area contributed by atoms with E-state index in [2.05, 4.69) is 20.8 Å². The van der Waals surface area contributed by atoms with Crippen LogP contribution in [0.15, 0.2) is 0 Å². The highest BCUT2D eigenvalue weighted by molar-refractivity contribution is 8.00. The van der Waals surface area contributed by atoms with E-state index in [4.69, 9.17) is 0 Å². The Morgan fingerprint density at radius 2 is 2.13 bits per heavy atom. The zero-order valence-electron chi connectivity index (χ0n) is 9.82. The molecule has 0 unspecified atom stereocenters. The Kier molecular flexibility index (Phi) is 4.46. The van der Waals surface area contributed by atoms with Crippen LogP contribution in [0, 0.1) is 0 Å². The van der Waals surface area contributed by atoms with Gasteiger partial charge in [-0.1, -0.05) is 27.2 Å². The van der Waals surface area contributed by atoms with E-state index >= 15 is 0 Å². The van der Waals surface area contributed by atoms with Gasteiger partial charge in [-0.3, -0.25) is 4.79 Å². The summed E-state index contributed by atoms with van der Waals surface area (Å²) in [6, 6.07) is 0. The van der Waals surface area contributed by atoms with Gasteiger partial charge in [0.25, 0.3) is 0 Å². The largest absolute Gasteiger partial charge is 0.386 e. The van der Waals surface area contributed by atoms with Gasteiger partial charge >= 0.3 is 0 Å². The standard InChI is InChI=1S/C11H21NO2S/c1-4-5-11(14)7-12(8-11)10(13)6-15-9(2)3/h9,14H,4-8H2,1-3H3. The highest BCUT2D eigenvalue weighted by Gasteiger charge is 2.42. The summed E-state index contributed by atoms with van der Waals surface area (Å²) in [6.07, 6.45) is 1.77. The third-order valence-corrected chi connectivity index (χ3v) is 3.66. The van der Waals surface area contributed by atoms with E-state index in [1.54, 1.807) is 16.7 Å². The average molecular weight is 231 g/mol. The van der Waals surface area contributed by atoms with Crippen molar-refractivity contribution < 1.29 is 9.90 Å². The van der Waals surface area contributed by atoms with E-state index in [1.807, 2.05) is 0 Å². The molecule has 0 saturated carbocycles. The summed E-state index contributed by atoms with van der Waals surface area (Å²) in [5.74, 6) is 0.703. The number of carbonyl (C=O) groups excluding carboxylic acids is 1. The predicted molar refractivity (Wildman–Crippen MR) is 64.0 cm³/mol. The zero-order valence-corrected chi connectivity index (χ0v) is 10.6. The summed E-state index contributed by atoms with van der Waals surface area (Å²) < 4.78 is 0. The van der Waals surface area contributed by atoms with Crippen LogP contribution in [0.5, 0.6) is 0 Å². The molecule has 0 aromatic carbocycles. The molecule has 1 fully saturated rings. The minimum Gasteiger partial charge on any atom is -0.386 e. The lowest BCUT2D eigenvalue weighted by Gasteiger charge is -2.46. The Morgan fingerprint density at radius 3 is 2.60 bits per heavy atom. The minimum absolute atomic E-state index is 0.162. The van der Waals surface area contributed by atoms with Crippen molar-refractivity contribution in [1.29, 1.82) is 0 Å². The molecule has 4 heteroatoms. The van der Waals surface area contributed by atoms with Crippen molar-refractivity contribution in [2.75, 3.05) is 18.8 Å². The first kappa shape index (κ1) is 12.8. The van der Waals surface area contributed by atoms with Crippen LogP contribution in [-0.4, -0.2) is 45.6 Å². The first-order valence-electron chi connectivity index (χ1n) is 5.58. The molecule has 0 aromatic rings. The van der Waals surface area contributed by atoms with Crippen LogP contribution in [0.25, 0.3) is 0 Å². The van der Waals surface area contributed by atoms with Crippen LogP contribution in [-0.2, 0) is 4.79 Å². The highest BCUT2D eigenvalue weighted by Crippen LogP contribution is 2.26. The van der Waals surface area contributed by atoms with Crippen LogP contribution in [0.2, 0.25) is 0 Å². The molecular weight excluding hydrogens is 210 g/mol. The molecule has 0 aliphatic carbocycles. The third kappa shape index (κ3) is 3.68. The molecule has 3 nitrogen and oxygen atoms in total. The molecule has 1 aliphatic heterocycles. The number of hydrogen-bond acceptors (Lipinski definition) is 3. The van der Waals surface area contributed by atoms with E-state index in [0.29, 0.717) is 24.1 Å². The molecule has 0 bridgehead atoms. The van der Waals surface area contributed by atoms with Crippen LogP contribution < -0.4 is 0 Å². The van der Waals surface area contributed by atoms with Crippen molar-refractivity contribution in [3.8, 4) is 0 Å². The maximum atomic E-state index is 11.6. The molecule has 1 amide bonds. The van der Waals surface area contributed by atoms with Crippen molar-refractivity contribution >= 4 is 17.7 Å². The molecule has 1 N–H and O–H groups in total. The second kappa shape index (κ2) is 5.21. The Labute approximate surface area is 96.2 Å². The molecule has 1 rings (SSSR count). The lowest BCUT2D eigenvalue weighted by molar-refractivity contribution is -0.153. The molecular formula is C11H21NO2S. The van der Waals surface area contributed by atoms with Gasteiger partial charge < -0.3 is 10.0 Å². The van der Waals surface area contributed by atoms with Crippen molar-refractivity contribution in [2.45, 2.75) is 44.5 Å². The van der Waals surface area contributed by atoms with Crippen LogP contribution in [0.4, 0.5) is 0 Å². The van der Waals surface area contributed by atoms with Gasteiger partial charge in [0.2, 0.25) is 5.91 Å². The second-order valence-corrected chi connectivity index (χ2v) is 6.15. The molecule has 1 saturated heterocycles. The minimum atomic E-state index is -0.590. The topological polar surface area (TPSA) is 40.5 Å². The lowest BCUT2D eigenvalue weighted by atomic mass is 9.89. The SMILES string of the molecule is CCCC1(O)CN(C(=O)CSC(C)C)C1. The smallest absolute Gasteiger partial charge is 0.232 e. The van der Waals surface area contributed by atoms with Gasteiger partial charge in [-0.15, -0.1) is 11.8 Å². The number of rotatable bonds is 5. The summed E-state index contributed by atoms with van der Waals surface area (Å²) >= 11 is 1.66. The molecule has 0 spiro atoms. The van der Waals surface area contributed by atoms with E-state index in [0.717, 1.165) is 12.8 Å². The van der Waals surface area contributed by atoms with E-state index in [9.17, 15) is 9.90 Å². The van der Waals surface area contributed by atoms with E-state index < -0.39 is 5.60 Å². The number of hydrogen-bond donors (Lipinski definition) is 1. The highest BCUT2D eigenvalue weighted by atomic mass is 32.2.